The van der Waals surface area contributed by atoms with Gasteiger partial charge in [-0.1, -0.05) is 35.9 Å². The van der Waals surface area contributed by atoms with Crippen molar-refractivity contribution in [2.75, 3.05) is 0 Å². The highest BCUT2D eigenvalue weighted by molar-refractivity contribution is 9.10. The molecule has 0 heterocycles. The summed E-state index contributed by atoms with van der Waals surface area (Å²) in [5.74, 6) is 0.0485. The summed E-state index contributed by atoms with van der Waals surface area (Å²) in [5.41, 5.74) is 7.82. The zero-order valence-electron chi connectivity index (χ0n) is 12.2. The zero-order chi connectivity index (χ0) is 17.0. The minimum Gasteiger partial charge on any atom is -0.486 e. The highest BCUT2D eigenvalue weighted by Gasteiger charge is 2.14. The van der Waals surface area contributed by atoms with E-state index in [0.29, 0.717) is 27.4 Å². The normalized spacial score (nSPS) is 10.2. The lowest BCUT2D eigenvalue weighted by molar-refractivity contribution is 0.0977. The average Bonchev–Trinajstić information content (AvgIpc) is 2.47. The molecule has 0 atom stereocenters. The van der Waals surface area contributed by atoms with Gasteiger partial charge in [-0.05, 0) is 58.3 Å². The van der Waals surface area contributed by atoms with E-state index in [-0.39, 0.29) is 5.11 Å². The van der Waals surface area contributed by atoms with Crippen molar-refractivity contribution < 1.29 is 9.53 Å². The summed E-state index contributed by atoms with van der Waals surface area (Å²) >= 11 is 14.2. The summed E-state index contributed by atoms with van der Waals surface area (Å²) in [6.07, 6.45) is 0. The number of hydrogen-bond acceptors (Lipinski definition) is 3. The van der Waals surface area contributed by atoms with Crippen LogP contribution >= 0.6 is 39.7 Å². The Labute approximate surface area is 153 Å². The fourth-order valence-corrected chi connectivity index (χ4v) is 2.99. The van der Waals surface area contributed by atoms with E-state index in [9.17, 15) is 4.79 Å². The summed E-state index contributed by atoms with van der Waals surface area (Å²) in [5, 5.41) is 2.57. The second-order valence-electron chi connectivity index (χ2n) is 4.80. The molecular weight excluding hydrogens is 400 g/mol. The number of carbonyl (C=O) groups is 1. The number of nitrogens with one attached hydrogen (secondary N) is 1. The average molecular weight is 414 g/mol. The number of hydrogen-bond donors (Lipinski definition) is 2. The summed E-state index contributed by atoms with van der Waals surface area (Å²) < 4.78 is 6.36. The van der Waals surface area contributed by atoms with Crippen LogP contribution in [0.25, 0.3) is 0 Å². The smallest absolute Gasteiger partial charge is 0.257 e. The van der Waals surface area contributed by atoms with E-state index in [1.54, 1.807) is 6.07 Å². The quantitative estimate of drug-likeness (QED) is 0.745. The molecule has 0 aliphatic carbocycles. The molecule has 23 heavy (non-hydrogen) atoms. The van der Waals surface area contributed by atoms with Gasteiger partial charge in [-0.2, -0.15) is 0 Å². The Morgan fingerprint density at radius 1 is 1.39 bits per heavy atom. The van der Waals surface area contributed by atoms with Crippen LogP contribution in [0.1, 0.15) is 21.5 Å². The van der Waals surface area contributed by atoms with Gasteiger partial charge in [-0.25, -0.2) is 0 Å². The van der Waals surface area contributed by atoms with Crippen molar-refractivity contribution in [1.29, 1.82) is 0 Å². The second-order valence-corrected chi connectivity index (χ2v) is 6.50. The molecule has 0 aromatic heterocycles. The van der Waals surface area contributed by atoms with Crippen LogP contribution in [-0.4, -0.2) is 11.0 Å². The zero-order valence-corrected chi connectivity index (χ0v) is 15.4. The highest BCUT2D eigenvalue weighted by atomic mass is 79.9. The molecule has 2 aromatic rings. The molecule has 120 valence electrons. The lowest BCUT2D eigenvalue weighted by Crippen LogP contribution is -2.34. The van der Waals surface area contributed by atoms with Gasteiger partial charge in [0.25, 0.3) is 5.91 Å². The number of halogens is 2. The molecule has 0 radical (unpaired) electrons. The molecule has 0 unspecified atom stereocenters. The Morgan fingerprint density at radius 2 is 2.09 bits per heavy atom. The van der Waals surface area contributed by atoms with E-state index in [2.05, 4.69) is 33.5 Å². The molecule has 0 aliphatic heterocycles. The van der Waals surface area contributed by atoms with E-state index >= 15 is 0 Å². The third kappa shape index (κ3) is 4.67. The van der Waals surface area contributed by atoms with Gasteiger partial charge >= 0.3 is 0 Å². The van der Waals surface area contributed by atoms with Crippen LogP contribution in [-0.2, 0) is 6.61 Å². The first-order chi connectivity index (χ1) is 10.9. The first-order valence-corrected chi connectivity index (χ1v) is 8.23. The van der Waals surface area contributed by atoms with Crippen molar-refractivity contribution in [3.63, 3.8) is 0 Å². The van der Waals surface area contributed by atoms with Crippen molar-refractivity contribution in [2.24, 2.45) is 5.73 Å². The molecule has 0 fully saturated rings. The van der Waals surface area contributed by atoms with Crippen LogP contribution in [0.5, 0.6) is 5.75 Å². The molecule has 0 spiro atoms. The Kier molecular flexibility index (Phi) is 5.98. The van der Waals surface area contributed by atoms with Crippen LogP contribution in [0.2, 0.25) is 5.02 Å². The van der Waals surface area contributed by atoms with Crippen molar-refractivity contribution in [3.8, 4) is 5.75 Å². The number of aryl methyl sites for hydroxylation is 1. The predicted octanol–water partition coefficient (Wildman–Crippen LogP) is 3.96. The van der Waals surface area contributed by atoms with Crippen molar-refractivity contribution in [3.05, 3.63) is 62.6 Å². The van der Waals surface area contributed by atoms with E-state index in [0.717, 1.165) is 11.1 Å². The number of rotatable bonds is 4. The lowest BCUT2D eigenvalue weighted by atomic mass is 10.1. The Balaban J connectivity index is 2.19. The fourth-order valence-electron chi connectivity index (χ4n) is 1.93. The standard InChI is InChI=1S/C16H14BrClN2O2S/c1-9-4-2-3-5-10(9)8-22-14-12(17)6-11(7-13(14)18)15(21)20-16(19)23/h2-7H,8H2,1H3,(H3,19,20,21,23). The molecule has 0 saturated carbocycles. The van der Waals surface area contributed by atoms with Crippen LogP contribution < -0.4 is 15.8 Å². The molecule has 0 saturated heterocycles. The van der Waals surface area contributed by atoms with Gasteiger partial charge in [0.05, 0.1) is 9.50 Å². The molecule has 7 heteroatoms. The number of carbonyl (C=O) groups excluding carboxylic acids is 1. The number of amides is 1. The first kappa shape index (κ1) is 17.7. The maximum Gasteiger partial charge on any atom is 0.257 e. The van der Waals surface area contributed by atoms with Crippen LogP contribution in [0, 0.1) is 6.92 Å². The van der Waals surface area contributed by atoms with Gasteiger partial charge < -0.3 is 10.5 Å². The van der Waals surface area contributed by atoms with Crippen molar-refractivity contribution >= 4 is 50.8 Å². The van der Waals surface area contributed by atoms with Crippen molar-refractivity contribution in [2.45, 2.75) is 13.5 Å². The van der Waals surface area contributed by atoms with E-state index in [1.807, 2.05) is 31.2 Å². The third-order valence-corrected chi connectivity index (χ3v) is 4.10. The number of benzene rings is 2. The Hall–Kier alpha value is -1.63. The number of ether oxygens (including phenoxy) is 1. The van der Waals surface area contributed by atoms with Gasteiger partial charge in [-0.15, -0.1) is 0 Å². The van der Waals surface area contributed by atoms with Crippen LogP contribution in [0.3, 0.4) is 0 Å². The van der Waals surface area contributed by atoms with Crippen molar-refractivity contribution in [1.82, 2.24) is 5.32 Å². The minimum absolute atomic E-state index is 0.0953. The van der Waals surface area contributed by atoms with Crippen LogP contribution in [0.4, 0.5) is 0 Å². The third-order valence-electron chi connectivity index (χ3n) is 3.13. The number of thiocarbonyl (C=S) groups is 1. The summed E-state index contributed by atoms with van der Waals surface area (Å²) in [7, 11) is 0. The highest BCUT2D eigenvalue weighted by Crippen LogP contribution is 2.35. The van der Waals surface area contributed by atoms with Crippen LogP contribution in [0.15, 0.2) is 40.9 Å². The number of nitrogens with two attached hydrogens (primary N) is 1. The van der Waals surface area contributed by atoms with Gasteiger partial charge in [0.15, 0.2) is 10.9 Å². The van der Waals surface area contributed by atoms with E-state index in [1.165, 1.54) is 6.07 Å². The Morgan fingerprint density at radius 3 is 2.70 bits per heavy atom. The maximum atomic E-state index is 11.9. The molecule has 0 aliphatic rings. The molecule has 1 amide bonds. The molecule has 2 rings (SSSR count). The predicted molar refractivity (Wildman–Crippen MR) is 98.9 cm³/mol. The largest absolute Gasteiger partial charge is 0.486 e. The summed E-state index contributed by atoms with van der Waals surface area (Å²) in [6.45, 7) is 2.39. The molecule has 2 aromatic carbocycles. The minimum atomic E-state index is -0.425. The van der Waals surface area contributed by atoms with E-state index in [4.69, 9.17) is 22.1 Å². The van der Waals surface area contributed by atoms with Gasteiger partial charge in [0.1, 0.15) is 6.61 Å². The van der Waals surface area contributed by atoms with Gasteiger partial charge in [0, 0.05) is 5.56 Å². The Bertz CT molecular complexity index is 744. The van der Waals surface area contributed by atoms with Gasteiger partial charge in [-0.3, -0.25) is 10.1 Å². The first-order valence-electron chi connectivity index (χ1n) is 6.65. The summed E-state index contributed by atoms with van der Waals surface area (Å²) in [4.78, 5) is 11.9. The lowest BCUT2D eigenvalue weighted by Gasteiger charge is -2.13. The molecule has 3 N–H and O–H groups in total. The maximum absolute atomic E-state index is 11.9. The second kappa shape index (κ2) is 7.77. The fraction of sp³-hybridized carbons (Fsp3) is 0.125. The topological polar surface area (TPSA) is 64.3 Å². The van der Waals surface area contributed by atoms with Gasteiger partial charge in [0.2, 0.25) is 0 Å². The molecule has 0 bridgehead atoms. The SMILES string of the molecule is Cc1ccccc1COc1c(Cl)cc(C(=O)NC(N)=S)cc1Br. The van der Waals surface area contributed by atoms with E-state index < -0.39 is 5.91 Å². The monoisotopic (exact) mass is 412 g/mol. The summed E-state index contributed by atoms with van der Waals surface area (Å²) in [6, 6.07) is 11.0. The molecular formula is C16H14BrClN2O2S. The molecule has 4 nitrogen and oxygen atoms in total.